The number of carbonyl (C=O) groups excluding carboxylic acids is 2. The van der Waals surface area contributed by atoms with Crippen molar-refractivity contribution >= 4 is 23.4 Å². The van der Waals surface area contributed by atoms with Crippen molar-refractivity contribution < 1.29 is 24.0 Å². The van der Waals surface area contributed by atoms with E-state index in [2.05, 4.69) is 5.32 Å². The second-order valence-corrected chi connectivity index (χ2v) is 7.84. The number of nitrogens with zero attached hydrogens (tertiary/aromatic N) is 2. The van der Waals surface area contributed by atoms with Crippen LogP contribution in [0.3, 0.4) is 0 Å². The number of ether oxygens (including phenoxy) is 2. The van der Waals surface area contributed by atoms with E-state index in [9.17, 15) is 19.7 Å². The first kappa shape index (κ1) is 20.4. The fourth-order valence-corrected chi connectivity index (χ4v) is 4.06. The van der Waals surface area contributed by atoms with Crippen LogP contribution in [0.1, 0.15) is 40.9 Å². The molecule has 0 radical (unpaired) electrons. The van der Waals surface area contributed by atoms with Gasteiger partial charge in [0.1, 0.15) is 11.4 Å². The van der Waals surface area contributed by atoms with Crippen molar-refractivity contribution in [3.63, 3.8) is 0 Å². The molecular formula is C22H21N3O6. The van der Waals surface area contributed by atoms with Gasteiger partial charge in [-0.15, -0.1) is 0 Å². The van der Waals surface area contributed by atoms with Gasteiger partial charge in [0.25, 0.3) is 11.6 Å². The molecule has 160 valence electrons. The summed E-state index contributed by atoms with van der Waals surface area (Å²) in [5, 5.41) is 14.3. The second kappa shape index (κ2) is 7.12. The van der Waals surface area contributed by atoms with Crippen LogP contribution in [0.15, 0.2) is 42.1 Å². The van der Waals surface area contributed by atoms with E-state index in [1.807, 2.05) is 12.1 Å². The smallest absolute Gasteiger partial charge is 0.411 e. The number of carbonyl (C=O) groups is 2. The number of benzene rings is 2. The topological polar surface area (TPSA) is 111 Å². The van der Waals surface area contributed by atoms with Gasteiger partial charge in [-0.25, -0.2) is 4.79 Å². The summed E-state index contributed by atoms with van der Waals surface area (Å²) in [6.07, 6.45) is -0.736. The fourth-order valence-electron chi connectivity index (χ4n) is 4.06. The number of amides is 2. The number of fused-ring (bicyclic) bond motifs is 2. The Morgan fingerprint density at radius 1 is 1.26 bits per heavy atom. The van der Waals surface area contributed by atoms with Crippen LogP contribution in [0.4, 0.5) is 10.5 Å². The van der Waals surface area contributed by atoms with Crippen LogP contribution in [0, 0.1) is 17.0 Å². The average molecular weight is 423 g/mol. The first-order chi connectivity index (χ1) is 14.7. The molecule has 31 heavy (non-hydrogen) atoms. The van der Waals surface area contributed by atoms with Crippen molar-refractivity contribution in [2.24, 2.45) is 0 Å². The number of alkyl carbamates (subject to hydrolysis) is 1. The predicted molar refractivity (Wildman–Crippen MR) is 111 cm³/mol. The molecule has 0 bridgehead atoms. The molecule has 0 saturated heterocycles. The molecule has 0 fully saturated rings. The van der Waals surface area contributed by atoms with E-state index in [-0.39, 0.29) is 23.8 Å². The zero-order chi connectivity index (χ0) is 22.5. The SMILES string of the molecule is COC(=O)NC1=C(N2Cc3ccccc3C2=O)c2c(ccc([N+](=O)[O-])c2C)OC1(C)C. The van der Waals surface area contributed by atoms with Gasteiger partial charge < -0.3 is 14.4 Å². The Morgan fingerprint density at radius 2 is 1.97 bits per heavy atom. The monoisotopic (exact) mass is 423 g/mol. The van der Waals surface area contributed by atoms with Crippen LogP contribution in [-0.4, -0.2) is 34.5 Å². The Morgan fingerprint density at radius 3 is 2.61 bits per heavy atom. The number of nitro benzene ring substituents is 1. The van der Waals surface area contributed by atoms with Gasteiger partial charge in [-0.2, -0.15) is 0 Å². The Labute approximate surface area is 178 Å². The molecule has 0 spiro atoms. The molecule has 9 nitrogen and oxygen atoms in total. The predicted octanol–water partition coefficient (Wildman–Crippen LogP) is 3.75. The molecule has 0 aromatic heterocycles. The van der Waals surface area contributed by atoms with Gasteiger partial charge in [0, 0.05) is 17.2 Å². The van der Waals surface area contributed by atoms with Gasteiger partial charge >= 0.3 is 6.09 Å². The molecule has 2 heterocycles. The maximum atomic E-state index is 13.3. The minimum absolute atomic E-state index is 0.110. The third kappa shape index (κ3) is 3.18. The summed E-state index contributed by atoms with van der Waals surface area (Å²) in [7, 11) is 1.23. The van der Waals surface area contributed by atoms with Crippen molar-refractivity contribution in [3.05, 3.63) is 74.5 Å². The molecule has 0 unspecified atom stereocenters. The zero-order valence-electron chi connectivity index (χ0n) is 17.5. The Balaban J connectivity index is 2.01. The highest BCUT2D eigenvalue weighted by molar-refractivity contribution is 6.05. The fraction of sp³-hybridized carbons (Fsp3) is 0.273. The van der Waals surface area contributed by atoms with E-state index in [0.717, 1.165) is 5.56 Å². The van der Waals surface area contributed by atoms with Crippen LogP contribution >= 0.6 is 0 Å². The summed E-state index contributed by atoms with van der Waals surface area (Å²) >= 11 is 0. The van der Waals surface area contributed by atoms with Crippen LogP contribution in [0.25, 0.3) is 5.70 Å². The summed E-state index contributed by atoms with van der Waals surface area (Å²) in [4.78, 5) is 38.1. The van der Waals surface area contributed by atoms with Crippen molar-refractivity contribution in [3.8, 4) is 5.75 Å². The van der Waals surface area contributed by atoms with E-state index in [4.69, 9.17) is 9.47 Å². The third-order valence-electron chi connectivity index (χ3n) is 5.54. The normalized spacial score (nSPS) is 16.4. The number of rotatable bonds is 3. The van der Waals surface area contributed by atoms with Crippen molar-refractivity contribution in [2.75, 3.05) is 7.11 Å². The van der Waals surface area contributed by atoms with Crippen molar-refractivity contribution in [1.82, 2.24) is 10.2 Å². The molecule has 9 heteroatoms. The van der Waals surface area contributed by atoms with Gasteiger partial charge in [0.2, 0.25) is 0 Å². The van der Waals surface area contributed by atoms with Gasteiger partial charge in [-0.1, -0.05) is 18.2 Å². The molecule has 4 rings (SSSR count). The van der Waals surface area contributed by atoms with E-state index in [1.54, 1.807) is 32.9 Å². The first-order valence-electron chi connectivity index (χ1n) is 9.62. The van der Waals surface area contributed by atoms with Gasteiger partial charge in [-0.3, -0.25) is 20.2 Å². The molecule has 2 aliphatic rings. The van der Waals surface area contributed by atoms with Crippen molar-refractivity contribution in [1.29, 1.82) is 0 Å². The number of nitrogens with one attached hydrogen (secondary N) is 1. The highest BCUT2D eigenvalue weighted by atomic mass is 16.6. The standard InChI is InChI=1S/C22H21N3O6/c1-12-15(25(28)29)9-10-16-17(12)18(19(22(2,3)31-16)23-21(27)30-4)24-11-13-7-5-6-8-14(13)20(24)26/h5-10H,11H2,1-4H3,(H,23,27). The quantitative estimate of drug-likeness (QED) is 0.594. The molecule has 0 saturated carbocycles. The van der Waals surface area contributed by atoms with Crippen LogP contribution in [0.2, 0.25) is 0 Å². The minimum atomic E-state index is -1.05. The highest BCUT2D eigenvalue weighted by Crippen LogP contribution is 2.47. The maximum absolute atomic E-state index is 13.3. The van der Waals surface area contributed by atoms with E-state index < -0.39 is 16.6 Å². The van der Waals surface area contributed by atoms with Crippen LogP contribution < -0.4 is 10.1 Å². The van der Waals surface area contributed by atoms with Crippen molar-refractivity contribution in [2.45, 2.75) is 32.9 Å². The van der Waals surface area contributed by atoms with Gasteiger partial charge in [0.15, 0.2) is 0 Å². The third-order valence-corrected chi connectivity index (χ3v) is 5.54. The molecular weight excluding hydrogens is 402 g/mol. The first-order valence-corrected chi connectivity index (χ1v) is 9.62. The molecule has 0 aliphatic carbocycles. The van der Waals surface area contributed by atoms with E-state index >= 15 is 0 Å². The van der Waals surface area contributed by atoms with Gasteiger partial charge in [0.05, 0.1) is 35.5 Å². The van der Waals surface area contributed by atoms with E-state index in [1.165, 1.54) is 24.1 Å². The lowest BCUT2D eigenvalue weighted by atomic mass is 9.91. The number of hydrogen-bond acceptors (Lipinski definition) is 6. The summed E-state index contributed by atoms with van der Waals surface area (Å²) in [6, 6.07) is 10.1. The second-order valence-electron chi connectivity index (χ2n) is 7.84. The summed E-state index contributed by atoms with van der Waals surface area (Å²) in [5.74, 6) is 0.131. The molecule has 2 aromatic rings. The molecule has 0 atom stereocenters. The zero-order valence-corrected chi connectivity index (χ0v) is 17.5. The highest BCUT2D eigenvalue weighted by Gasteiger charge is 2.43. The van der Waals surface area contributed by atoms with Crippen LogP contribution in [0.5, 0.6) is 5.75 Å². The minimum Gasteiger partial charge on any atom is -0.481 e. The lowest BCUT2D eigenvalue weighted by molar-refractivity contribution is -0.385. The van der Waals surface area contributed by atoms with E-state index in [0.29, 0.717) is 28.1 Å². The Bertz CT molecular complexity index is 1170. The summed E-state index contributed by atoms with van der Waals surface area (Å²) < 4.78 is 10.9. The van der Waals surface area contributed by atoms with Crippen LogP contribution in [-0.2, 0) is 11.3 Å². The molecule has 2 aromatic carbocycles. The molecule has 2 aliphatic heterocycles. The average Bonchev–Trinajstić information content (AvgIpc) is 3.05. The molecule has 2 amide bonds. The maximum Gasteiger partial charge on any atom is 0.411 e. The number of hydrogen-bond donors (Lipinski definition) is 1. The lowest BCUT2D eigenvalue weighted by Crippen LogP contribution is -2.46. The molecule has 1 N–H and O–H groups in total. The number of methoxy groups -OCH3 is 1. The van der Waals surface area contributed by atoms with Gasteiger partial charge in [-0.05, 0) is 38.5 Å². The summed E-state index contributed by atoms with van der Waals surface area (Å²) in [6.45, 7) is 5.34. The Hall–Kier alpha value is -3.88. The Kier molecular flexibility index (Phi) is 4.68. The largest absolute Gasteiger partial charge is 0.481 e. The number of nitro groups is 1. The lowest BCUT2D eigenvalue weighted by Gasteiger charge is -2.39. The summed E-state index contributed by atoms with van der Waals surface area (Å²) in [5.41, 5.74) is 1.58.